The maximum atomic E-state index is 12.5. The first kappa shape index (κ1) is 16.6. The molecule has 132 valence electrons. The summed E-state index contributed by atoms with van der Waals surface area (Å²) < 4.78 is 43.8. The number of fused-ring (bicyclic) bond motifs is 1. The Hall–Kier alpha value is -2.87. The fraction of sp³-hybridized carbons (Fsp3) is 0.118. The van der Waals surface area contributed by atoms with Gasteiger partial charge in [-0.05, 0) is 17.7 Å². The molecule has 9 heteroatoms. The van der Waals surface area contributed by atoms with Gasteiger partial charge >= 0.3 is 12.1 Å². The molecule has 0 amide bonds. The molecule has 0 aliphatic heterocycles. The largest absolute Gasteiger partial charge is 0.471 e. The van der Waals surface area contributed by atoms with E-state index in [0.29, 0.717) is 17.1 Å². The van der Waals surface area contributed by atoms with Crippen LogP contribution in [-0.4, -0.2) is 19.7 Å². The molecule has 0 saturated carbocycles. The maximum Gasteiger partial charge on any atom is 0.471 e. The van der Waals surface area contributed by atoms with Crippen molar-refractivity contribution >= 4 is 22.6 Å². The van der Waals surface area contributed by atoms with Crippen LogP contribution >= 0.6 is 11.6 Å². The maximum absolute atomic E-state index is 12.5. The molecule has 0 atom stereocenters. The van der Waals surface area contributed by atoms with E-state index in [9.17, 15) is 13.2 Å². The van der Waals surface area contributed by atoms with Gasteiger partial charge in [-0.2, -0.15) is 18.2 Å². The second-order valence-electron chi connectivity index (χ2n) is 5.60. The van der Waals surface area contributed by atoms with Crippen molar-refractivity contribution in [3.05, 3.63) is 65.3 Å². The van der Waals surface area contributed by atoms with Gasteiger partial charge in [0.05, 0.1) is 16.9 Å². The van der Waals surface area contributed by atoms with E-state index < -0.39 is 12.1 Å². The molecule has 2 heterocycles. The Morgan fingerprint density at radius 1 is 1.08 bits per heavy atom. The molecule has 0 spiro atoms. The van der Waals surface area contributed by atoms with E-state index >= 15 is 0 Å². The average Bonchev–Trinajstić information content (AvgIpc) is 3.24. The lowest BCUT2D eigenvalue weighted by Gasteiger charge is -2.05. The number of nitrogens with zero attached hydrogens (tertiary/aromatic N) is 4. The van der Waals surface area contributed by atoms with Gasteiger partial charge < -0.3 is 9.09 Å². The average molecular weight is 379 g/mol. The van der Waals surface area contributed by atoms with Crippen LogP contribution in [0.15, 0.2) is 53.3 Å². The molecule has 0 saturated heterocycles. The van der Waals surface area contributed by atoms with E-state index in [2.05, 4.69) is 19.6 Å². The molecule has 0 N–H and O–H groups in total. The number of benzene rings is 2. The monoisotopic (exact) mass is 378 g/mol. The Morgan fingerprint density at radius 2 is 1.85 bits per heavy atom. The number of para-hydroxylation sites is 1. The van der Waals surface area contributed by atoms with Crippen molar-refractivity contribution < 1.29 is 17.7 Å². The van der Waals surface area contributed by atoms with E-state index in [1.54, 1.807) is 36.7 Å². The van der Waals surface area contributed by atoms with Crippen molar-refractivity contribution in [2.24, 2.45) is 0 Å². The molecule has 2 aromatic heterocycles. The third kappa shape index (κ3) is 3.03. The van der Waals surface area contributed by atoms with Gasteiger partial charge in [0.25, 0.3) is 0 Å². The molecule has 4 rings (SSSR count). The summed E-state index contributed by atoms with van der Waals surface area (Å²) in [7, 11) is 0. The van der Waals surface area contributed by atoms with Gasteiger partial charge in [-0.15, -0.1) is 0 Å². The van der Waals surface area contributed by atoms with Gasteiger partial charge in [0, 0.05) is 12.1 Å². The minimum atomic E-state index is -4.66. The summed E-state index contributed by atoms with van der Waals surface area (Å²) in [5.74, 6) is -1.47. The van der Waals surface area contributed by atoms with Crippen molar-refractivity contribution in [3.8, 4) is 11.4 Å². The molecule has 5 nitrogen and oxygen atoms in total. The highest BCUT2D eigenvalue weighted by molar-refractivity contribution is 6.34. The van der Waals surface area contributed by atoms with Crippen LogP contribution < -0.4 is 0 Å². The molecule has 26 heavy (non-hydrogen) atoms. The van der Waals surface area contributed by atoms with Crippen LogP contribution in [0.3, 0.4) is 0 Å². The highest BCUT2D eigenvalue weighted by atomic mass is 35.5. The first-order valence-corrected chi connectivity index (χ1v) is 7.89. The molecular formula is C17H10ClF3N4O. The van der Waals surface area contributed by atoms with Crippen LogP contribution in [-0.2, 0) is 12.7 Å². The fourth-order valence-electron chi connectivity index (χ4n) is 2.59. The van der Waals surface area contributed by atoms with Gasteiger partial charge in [0.1, 0.15) is 5.52 Å². The highest BCUT2D eigenvalue weighted by Crippen LogP contribution is 2.29. The highest BCUT2D eigenvalue weighted by Gasteiger charge is 2.38. The molecular weight excluding hydrogens is 369 g/mol. The molecule has 0 bridgehead atoms. The lowest BCUT2D eigenvalue weighted by Crippen LogP contribution is -2.04. The number of halogens is 4. The lowest BCUT2D eigenvalue weighted by molar-refractivity contribution is -0.159. The summed E-state index contributed by atoms with van der Waals surface area (Å²) in [6, 6.07) is 12.4. The number of hydrogen-bond donors (Lipinski definition) is 0. The predicted molar refractivity (Wildman–Crippen MR) is 88.6 cm³/mol. The number of imidazole rings is 1. The van der Waals surface area contributed by atoms with Crippen LogP contribution in [0.25, 0.3) is 22.4 Å². The van der Waals surface area contributed by atoms with Gasteiger partial charge in [-0.25, -0.2) is 4.98 Å². The Balaban J connectivity index is 1.58. The molecule has 0 unspecified atom stereocenters. The molecule has 2 aromatic carbocycles. The third-order valence-corrected chi connectivity index (χ3v) is 4.14. The summed E-state index contributed by atoms with van der Waals surface area (Å²) in [6.07, 6.45) is -2.96. The normalized spacial score (nSPS) is 12.0. The van der Waals surface area contributed by atoms with E-state index in [4.69, 9.17) is 11.6 Å². The second-order valence-corrected chi connectivity index (χ2v) is 6.01. The van der Waals surface area contributed by atoms with E-state index in [0.717, 1.165) is 16.6 Å². The zero-order valence-electron chi connectivity index (χ0n) is 13.0. The Bertz CT molecular complexity index is 1070. The topological polar surface area (TPSA) is 56.7 Å². The van der Waals surface area contributed by atoms with Crippen LogP contribution in [0.5, 0.6) is 0 Å². The summed E-state index contributed by atoms with van der Waals surface area (Å²) in [4.78, 5) is 7.67. The smallest absolute Gasteiger partial charge is 0.329 e. The van der Waals surface area contributed by atoms with Crippen molar-refractivity contribution in [3.63, 3.8) is 0 Å². The summed E-state index contributed by atoms with van der Waals surface area (Å²) in [6.45, 7) is 0.539. The SMILES string of the molecule is FC(F)(F)c1nc(-c2ccc(Cn3cnc4c(Cl)cccc43)cc2)no1. The predicted octanol–water partition coefficient (Wildman–Crippen LogP) is 4.81. The molecule has 0 aliphatic rings. The minimum Gasteiger partial charge on any atom is -0.329 e. The number of rotatable bonds is 3. The lowest BCUT2D eigenvalue weighted by atomic mass is 10.1. The summed E-state index contributed by atoms with van der Waals surface area (Å²) in [5.41, 5.74) is 2.99. The van der Waals surface area contributed by atoms with E-state index in [-0.39, 0.29) is 5.82 Å². The minimum absolute atomic E-state index is 0.108. The van der Waals surface area contributed by atoms with Crippen LogP contribution in [0.1, 0.15) is 11.5 Å². The van der Waals surface area contributed by atoms with Crippen LogP contribution in [0.2, 0.25) is 5.02 Å². The van der Waals surface area contributed by atoms with E-state index in [1.807, 2.05) is 16.7 Å². The second kappa shape index (κ2) is 6.14. The zero-order valence-corrected chi connectivity index (χ0v) is 13.8. The first-order valence-electron chi connectivity index (χ1n) is 7.51. The molecule has 0 aliphatic carbocycles. The Kier molecular flexibility index (Phi) is 3.91. The quantitative estimate of drug-likeness (QED) is 0.513. The summed E-state index contributed by atoms with van der Waals surface area (Å²) in [5, 5.41) is 3.95. The molecule has 0 fully saturated rings. The summed E-state index contributed by atoms with van der Waals surface area (Å²) >= 11 is 6.12. The Labute approximate surface area is 150 Å². The van der Waals surface area contributed by atoms with Crippen LogP contribution in [0.4, 0.5) is 13.2 Å². The number of aromatic nitrogens is 4. The first-order chi connectivity index (χ1) is 12.4. The van der Waals surface area contributed by atoms with E-state index in [1.165, 1.54) is 0 Å². The Morgan fingerprint density at radius 3 is 2.54 bits per heavy atom. The van der Waals surface area contributed by atoms with Crippen molar-refractivity contribution in [2.45, 2.75) is 12.7 Å². The van der Waals surface area contributed by atoms with Crippen molar-refractivity contribution in [1.29, 1.82) is 0 Å². The standard InChI is InChI=1S/C17H10ClF3N4O/c18-12-2-1-3-13-14(12)22-9-25(13)8-10-4-6-11(7-5-10)15-23-16(26-24-15)17(19,20)21/h1-7,9H,8H2. The van der Waals surface area contributed by atoms with Crippen LogP contribution in [0, 0.1) is 0 Å². The number of alkyl halides is 3. The van der Waals surface area contributed by atoms with Gasteiger partial charge in [-0.3, -0.25) is 0 Å². The zero-order chi connectivity index (χ0) is 18.3. The third-order valence-electron chi connectivity index (χ3n) is 3.83. The van der Waals surface area contributed by atoms with Gasteiger partial charge in [0.2, 0.25) is 5.82 Å². The molecule has 4 aromatic rings. The van der Waals surface area contributed by atoms with Gasteiger partial charge in [-0.1, -0.05) is 47.1 Å². The van der Waals surface area contributed by atoms with Gasteiger partial charge in [0.15, 0.2) is 0 Å². The number of hydrogen-bond acceptors (Lipinski definition) is 4. The fourth-order valence-corrected chi connectivity index (χ4v) is 2.81. The van der Waals surface area contributed by atoms with Crippen molar-refractivity contribution in [1.82, 2.24) is 19.7 Å². The molecule has 0 radical (unpaired) electrons. The van der Waals surface area contributed by atoms with Crippen molar-refractivity contribution in [2.75, 3.05) is 0 Å².